The van der Waals surface area contributed by atoms with Crippen molar-refractivity contribution in [1.82, 2.24) is 9.80 Å². The summed E-state index contributed by atoms with van der Waals surface area (Å²) in [5.74, 6) is 0.182. The van der Waals surface area contributed by atoms with Gasteiger partial charge in [0.2, 0.25) is 5.91 Å². The average molecular weight is 253 g/mol. The van der Waals surface area contributed by atoms with E-state index in [1.807, 2.05) is 44.5 Å². The highest BCUT2D eigenvalue weighted by Crippen LogP contribution is 2.20. The van der Waals surface area contributed by atoms with Gasteiger partial charge in [0, 0.05) is 13.1 Å². The smallest absolute Gasteiger partial charge is 0.236 e. The molecule has 0 fully saturated rings. The molecule has 4 heteroatoms. The average Bonchev–Trinajstić information content (AvgIpc) is 2.30. The van der Waals surface area contributed by atoms with Crippen LogP contribution in [-0.2, 0) is 4.79 Å². The number of hydrogen-bond acceptors (Lipinski definition) is 3. The summed E-state index contributed by atoms with van der Waals surface area (Å²) in [7, 11) is 1.96. The zero-order valence-corrected chi connectivity index (χ0v) is 12.5. The second kappa shape index (κ2) is 8.10. The largest absolute Gasteiger partial charge is 0.342 e. The summed E-state index contributed by atoms with van der Waals surface area (Å²) in [5, 5.41) is 8.92. The molecule has 0 N–H and O–H groups in total. The first-order valence-corrected chi connectivity index (χ1v) is 6.73. The molecule has 0 aliphatic heterocycles. The van der Waals surface area contributed by atoms with E-state index >= 15 is 0 Å². The minimum atomic E-state index is -0.260. The fraction of sp³-hybridized carbons (Fsp3) is 0.857. The Morgan fingerprint density at radius 3 is 2.28 bits per heavy atom. The van der Waals surface area contributed by atoms with Crippen molar-refractivity contribution in [3.05, 3.63) is 0 Å². The lowest BCUT2D eigenvalue weighted by molar-refractivity contribution is -0.131. The van der Waals surface area contributed by atoms with Gasteiger partial charge in [-0.05, 0) is 54.1 Å². The second-order valence-corrected chi connectivity index (χ2v) is 5.40. The quantitative estimate of drug-likeness (QED) is 0.665. The van der Waals surface area contributed by atoms with E-state index in [9.17, 15) is 4.79 Å². The van der Waals surface area contributed by atoms with E-state index in [-0.39, 0.29) is 11.3 Å². The van der Waals surface area contributed by atoms with Gasteiger partial charge in [0.05, 0.1) is 18.0 Å². The molecule has 1 amide bonds. The van der Waals surface area contributed by atoms with Crippen molar-refractivity contribution < 1.29 is 4.79 Å². The molecular weight excluding hydrogens is 226 g/mol. The monoisotopic (exact) mass is 253 g/mol. The van der Waals surface area contributed by atoms with E-state index in [2.05, 4.69) is 6.07 Å². The summed E-state index contributed by atoms with van der Waals surface area (Å²) < 4.78 is 0. The first-order chi connectivity index (χ1) is 8.36. The molecular formula is C14H27N3O. The third kappa shape index (κ3) is 6.61. The third-order valence-electron chi connectivity index (χ3n) is 3.17. The highest BCUT2D eigenvalue weighted by Gasteiger charge is 2.17. The second-order valence-electron chi connectivity index (χ2n) is 5.40. The Morgan fingerprint density at radius 2 is 1.83 bits per heavy atom. The number of likely N-dealkylation sites (N-methyl/N-ethyl adjacent to an activating group) is 2. The number of nitriles is 1. The van der Waals surface area contributed by atoms with Crippen molar-refractivity contribution in [2.45, 2.75) is 40.5 Å². The van der Waals surface area contributed by atoms with Gasteiger partial charge in [0.1, 0.15) is 0 Å². The van der Waals surface area contributed by atoms with E-state index in [4.69, 9.17) is 5.26 Å². The minimum absolute atomic E-state index is 0.182. The Balaban J connectivity index is 3.95. The van der Waals surface area contributed by atoms with Gasteiger partial charge in [-0.3, -0.25) is 9.69 Å². The number of carbonyl (C=O) groups excluding carboxylic acids is 1. The van der Waals surface area contributed by atoms with Crippen LogP contribution in [0.4, 0.5) is 0 Å². The van der Waals surface area contributed by atoms with E-state index < -0.39 is 0 Å². The van der Waals surface area contributed by atoms with E-state index in [1.54, 1.807) is 0 Å². The summed E-state index contributed by atoms with van der Waals surface area (Å²) in [5.41, 5.74) is -0.260. The van der Waals surface area contributed by atoms with E-state index in [0.717, 1.165) is 32.5 Å². The summed E-state index contributed by atoms with van der Waals surface area (Å²) in [6, 6.07) is 2.30. The van der Waals surface area contributed by atoms with Crippen LogP contribution < -0.4 is 0 Å². The summed E-state index contributed by atoms with van der Waals surface area (Å²) in [6.45, 7) is 10.8. The van der Waals surface area contributed by atoms with Crippen molar-refractivity contribution in [1.29, 1.82) is 5.26 Å². The van der Waals surface area contributed by atoms with Crippen LogP contribution in [0, 0.1) is 16.7 Å². The zero-order chi connectivity index (χ0) is 14.2. The molecule has 0 bridgehead atoms. The zero-order valence-electron chi connectivity index (χ0n) is 12.5. The highest BCUT2D eigenvalue weighted by atomic mass is 16.2. The number of nitrogens with zero attached hydrogens (tertiary/aromatic N) is 3. The molecule has 0 aliphatic carbocycles. The summed E-state index contributed by atoms with van der Waals surface area (Å²) in [4.78, 5) is 15.7. The van der Waals surface area contributed by atoms with Crippen LogP contribution >= 0.6 is 0 Å². The van der Waals surface area contributed by atoms with E-state index in [0.29, 0.717) is 6.54 Å². The molecule has 0 heterocycles. The number of carbonyl (C=O) groups is 1. The normalized spacial score (nSPS) is 11.4. The lowest BCUT2D eigenvalue weighted by Gasteiger charge is -2.23. The van der Waals surface area contributed by atoms with Crippen molar-refractivity contribution >= 4 is 5.91 Å². The predicted molar refractivity (Wildman–Crippen MR) is 74.1 cm³/mol. The van der Waals surface area contributed by atoms with Gasteiger partial charge in [-0.25, -0.2) is 0 Å². The Labute approximate surface area is 112 Å². The van der Waals surface area contributed by atoms with Crippen molar-refractivity contribution in [3.8, 4) is 6.07 Å². The maximum absolute atomic E-state index is 11.9. The van der Waals surface area contributed by atoms with Gasteiger partial charge in [-0.1, -0.05) is 0 Å². The molecule has 18 heavy (non-hydrogen) atoms. The van der Waals surface area contributed by atoms with Gasteiger partial charge < -0.3 is 4.90 Å². The molecule has 0 aromatic heterocycles. The molecule has 0 aliphatic rings. The fourth-order valence-corrected chi connectivity index (χ4v) is 1.83. The van der Waals surface area contributed by atoms with Crippen LogP contribution in [0.3, 0.4) is 0 Å². The van der Waals surface area contributed by atoms with Crippen LogP contribution in [0.2, 0.25) is 0 Å². The molecule has 104 valence electrons. The van der Waals surface area contributed by atoms with Crippen molar-refractivity contribution in [3.63, 3.8) is 0 Å². The summed E-state index contributed by atoms with van der Waals surface area (Å²) >= 11 is 0. The Hall–Kier alpha value is -1.08. The van der Waals surface area contributed by atoms with Gasteiger partial charge >= 0.3 is 0 Å². The first kappa shape index (κ1) is 16.9. The fourth-order valence-electron chi connectivity index (χ4n) is 1.83. The predicted octanol–water partition coefficient (Wildman–Crippen LogP) is 2.12. The van der Waals surface area contributed by atoms with Gasteiger partial charge in [-0.15, -0.1) is 0 Å². The number of hydrogen-bond donors (Lipinski definition) is 0. The van der Waals surface area contributed by atoms with Crippen LogP contribution in [0.25, 0.3) is 0 Å². The highest BCUT2D eigenvalue weighted by molar-refractivity contribution is 5.78. The van der Waals surface area contributed by atoms with E-state index in [1.165, 1.54) is 0 Å². The SMILES string of the molecule is CCN(CC)C(=O)CN(C)CCCC(C)(C)C#N. The molecule has 4 nitrogen and oxygen atoms in total. The molecule has 0 atom stereocenters. The molecule has 0 radical (unpaired) electrons. The molecule has 0 spiro atoms. The van der Waals surface area contributed by atoms with Crippen LogP contribution in [0.1, 0.15) is 40.5 Å². The Morgan fingerprint density at radius 1 is 1.28 bits per heavy atom. The van der Waals surface area contributed by atoms with Crippen molar-refractivity contribution in [2.24, 2.45) is 5.41 Å². The Kier molecular flexibility index (Phi) is 7.61. The lowest BCUT2D eigenvalue weighted by atomic mass is 9.90. The van der Waals surface area contributed by atoms with Gasteiger partial charge in [-0.2, -0.15) is 5.26 Å². The third-order valence-corrected chi connectivity index (χ3v) is 3.17. The molecule has 0 aromatic rings. The van der Waals surface area contributed by atoms with Gasteiger partial charge in [0.15, 0.2) is 0 Å². The molecule has 0 rings (SSSR count). The molecule has 0 saturated carbocycles. The van der Waals surface area contributed by atoms with Crippen LogP contribution in [-0.4, -0.2) is 48.9 Å². The number of amides is 1. The first-order valence-electron chi connectivity index (χ1n) is 6.73. The minimum Gasteiger partial charge on any atom is -0.342 e. The molecule has 0 saturated heterocycles. The van der Waals surface area contributed by atoms with Crippen LogP contribution in [0.15, 0.2) is 0 Å². The number of rotatable bonds is 8. The maximum Gasteiger partial charge on any atom is 0.236 e. The van der Waals surface area contributed by atoms with Crippen molar-refractivity contribution in [2.75, 3.05) is 33.2 Å². The molecule has 0 aromatic carbocycles. The maximum atomic E-state index is 11.9. The lowest BCUT2D eigenvalue weighted by Crippen LogP contribution is -2.39. The van der Waals surface area contributed by atoms with Gasteiger partial charge in [0.25, 0.3) is 0 Å². The van der Waals surface area contributed by atoms with Crippen LogP contribution in [0.5, 0.6) is 0 Å². The summed E-state index contributed by atoms with van der Waals surface area (Å²) in [6.07, 6.45) is 1.82. The molecule has 0 unspecified atom stereocenters. The standard InChI is InChI=1S/C14H27N3O/c1-6-17(7-2)13(18)11-16(5)10-8-9-14(3,4)12-15/h6-11H2,1-5H3. The topological polar surface area (TPSA) is 47.3 Å². The Bertz CT molecular complexity index is 290.